The second kappa shape index (κ2) is 4.81. The van der Waals surface area contributed by atoms with Crippen LogP contribution in [-0.2, 0) is 4.74 Å². The molecule has 15 heavy (non-hydrogen) atoms. The molecule has 0 bridgehead atoms. The van der Waals surface area contributed by atoms with Gasteiger partial charge in [0.15, 0.2) is 0 Å². The Hall–Kier alpha value is -0.120. The lowest BCUT2D eigenvalue weighted by Gasteiger charge is -2.44. The van der Waals surface area contributed by atoms with Crippen LogP contribution in [0.3, 0.4) is 0 Å². The Labute approximate surface area is 93.2 Å². The Kier molecular flexibility index (Phi) is 3.65. The van der Waals surface area contributed by atoms with Crippen LogP contribution in [0.1, 0.15) is 26.7 Å². The van der Waals surface area contributed by atoms with Crippen molar-refractivity contribution in [3.05, 3.63) is 0 Å². The molecule has 3 nitrogen and oxygen atoms in total. The van der Waals surface area contributed by atoms with Crippen LogP contribution in [0.15, 0.2) is 0 Å². The normalized spacial score (nSPS) is 32.8. The molecule has 0 spiro atoms. The maximum atomic E-state index is 5.55. The van der Waals surface area contributed by atoms with Gasteiger partial charge < -0.3 is 10.1 Å². The summed E-state index contributed by atoms with van der Waals surface area (Å²) in [5.74, 6) is 0.760. The molecular weight excluding hydrogens is 188 g/mol. The zero-order valence-corrected chi connectivity index (χ0v) is 10.1. The lowest BCUT2D eigenvalue weighted by Crippen LogP contribution is -2.59. The minimum Gasteiger partial charge on any atom is -0.381 e. The van der Waals surface area contributed by atoms with Crippen LogP contribution < -0.4 is 5.32 Å². The number of hydrogen-bond acceptors (Lipinski definition) is 3. The van der Waals surface area contributed by atoms with E-state index < -0.39 is 0 Å². The van der Waals surface area contributed by atoms with Gasteiger partial charge in [-0.15, -0.1) is 0 Å². The molecule has 2 heterocycles. The molecule has 0 aromatic carbocycles. The van der Waals surface area contributed by atoms with Crippen molar-refractivity contribution < 1.29 is 4.74 Å². The summed E-state index contributed by atoms with van der Waals surface area (Å²) in [5.41, 5.74) is 0.315. The first kappa shape index (κ1) is 11.4. The van der Waals surface area contributed by atoms with E-state index in [2.05, 4.69) is 24.1 Å². The van der Waals surface area contributed by atoms with Crippen molar-refractivity contribution in [3.8, 4) is 0 Å². The quantitative estimate of drug-likeness (QED) is 0.742. The van der Waals surface area contributed by atoms with Crippen LogP contribution in [0.2, 0.25) is 0 Å². The topological polar surface area (TPSA) is 24.5 Å². The average Bonchev–Trinajstić information content (AvgIpc) is 2.23. The summed E-state index contributed by atoms with van der Waals surface area (Å²) in [5, 5.41) is 3.47. The first-order valence-electron chi connectivity index (χ1n) is 6.22. The molecule has 2 fully saturated rings. The molecule has 0 aromatic heterocycles. The van der Waals surface area contributed by atoms with Gasteiger partial charge in [-0.2, -0.15) is 0 Å². The minimum absolute atomic E-state index is 0.315. The molecule has 0 radical (unpaired) electrons. The van der Waals surface area contributed by atoms with Crippen molar-refractivity contribution in [1.29, 1.82) is 0 Å². The monoisotopic (exact) mass is 212 g/mol. The van der Waals surface area contributed by atoms with E-state index in [4.69, 9.17) is 4.74 Å². The van der Waals surface area contributed by atoms with Gasteiger partial charge in [-0.3, -0.25) is 4.90 Å². The second-order valence-corrected chi connectivity index (χ2v) is 5.52. The van der Waals surface area contributed by atoms with Gasteiger partial charge in [-0.1, -0.05) is 0 Å². The summed E-state index contributed by atoms with van der Waals surface area (Å²) >= 11 is 0. The number of ether oxygens (including phenoxy) is 1. The Bertz CT molecular complexity index is 200. The lowest BCUT2D eigenvalue weighted by molar-refractivity contribution is 0.00939. The summed E-state index contributed by atoms with van der Waals surface area (Å²) in [7, 11) is 0. The number of rotatable bonds is 2. The van der Waals surface area contributed by atoms with Crippen LogP contribution >= 0.6 is 0 Å². The van der Waals surface area contributed by atoms with Crippen molar-refractivity contribution >= 4 is 0 Å². The molecule has 1 N–H and O–H groups in total. The van der Waals surface area contributed by atoms with E-state index in [1.807, 2.05) is 0 Å². The van der Waals surface area contributed by atoms with E-state index in [0.717, 1.165) is 32.2 Å². The van der Waals surface area contributed by atoms with Crippen LogP contribution in [-0.4, -0.2) is 49.8 Å². The highest BCUT2D eigenvalue weighted by Gasteiger charge is 2.31. The highest BCUT2D eigenvalue weighted by atomic mass is 16.5. The molecule has 2 aliphatic heterocycles. The maximum Gasteiger partial charge on any atom is 0.0506 e. The fourth-order valence-corrected chi connectivity index (χ4v) is 2.62. The third-order valence-corrected chi connectivity index (χ3v) is 3.71. The Morgan fingerprint density at radius 2 is 2.33 bits per heavy atom. The average molecular weight is 212 g/mol. The van der Waals surface area contributed by atoms with E-state index in [-0.39, 0.29) is 0 Å². The molecule has 2 rings (SSSR count). The van der Waals surface area contributed by atoms with Crippen molar-refractivity contribution in [3.63, 3.8) is 0 Å². The molecule has 1 unspecified atom stereocenters. The van der Waals surface area contributed by atoms with Gasteiger partial charge in [0.25, 0.3) is 0 Å². The van der Waals surface area contributed by atoms with Gasteiger partial charge in [0.05, 0.1) is 6.61 Å². The summed E-state index contributed by atoms with van der Waals surface area (Å²) in [6, 6.07) is 0. The van der Waals surface area contributed by atoms with Crippen molar-refractivity contribution in [2.24, 2.45) is 5.92 Å². The predicted molar refractivity (Wildman–Crippen MR) is 62.1 cm³/mol. The summed E-state index contributed by atoms with van der Waals surface area (Å²) in [6.07, 6.45) is 2.59. The first-order valence-corrected chi connectivity index (χ1v) is 6.22. The van der Waals surface area contributed by atoms with Gasteiger partial charge in [0.2, 0.25) is 0 Å². The van der Waals surface area contributed by atoms with Gasteiger partial charge in [-0.25, -0.2) is 0 Å². The number of hydrogen-bond donors (Lipinski definition) is 1. The molecule has 0 aromatic rings. The zero-order chi connectivity index (χ0) is 10.7. The Morgan fingerprint density at radius 3 is 3.00 bits per heavy atom. The van der Waals surface area contributed by atoms with E-state index in [0.29, 0.717) is 5.54 Å². The predicted octanol–water partition coefficient (Wildman–Crippen LogP) is 1.10. The zero-order valence-electron chi connectivity index (χ0n) is 10.1. The molecule has 0 amide bonds. The van der Waals surface area contributed by atoms with Crippen LogP contribution in [0.4, 0.5) is 0 Å². The van der Waals surface area contributed by atoms with Crippen LogP contribution in [0.25, 0.3) is 0 Å². The number of piperazine rings is 1. The highest BCUT2D eigenvalue weighted by Crippen LogP contribution is 2.21. The number of nitrogens with one attached hydrogen (secondary N) is 1. The van der Waals surface area contributed by atoms with E-state index in [1.54, 1.807) is 0 Å². The van der Waals surface area contributed by atoms with Crippen LogP contribution in [0.5, 0.6) is 0 Å². The fourth-order valence-electron chi connectivity index (χ4n) is 2.62. The smallest absolute Gasteiger partial charge is 0.0506 e. The largest absolute Gasteiger partial charge is 0.381 e. The second-order valence-electron chi connectivity index (χ2n) is 5.52. The van der Waals surface area contributed by atoms with Gasteiger partial charge in [0, 0.05) is 38.3 Å². The third kappa shape index (κ3) is 2.92. The molecule has 0 aliphatic carbocycles. The van der Waals surface area contributed by atoms with Gasteiger partial charge in [-0.05, 0) is 32.6 Å². The lowest BCUT2D eigenvalue weighted by atomic mass is 9.95. The fraction of sp³-hybridized carbons (Fsp3) is 1.00. The van der Waals surface area contributed by atoms with Gasteiger partial charge >= 0.3 is 0 Å². The van der Waals surface area contributed by atoms with Crippen molar-refractivity contribution in [2.75, 3.05) is 39.4 Å². The molecule has 2 saturated heterocycles. The molecule has 3 heteroatoms. The standard InChI is InChI=1S/C12H24N2O/c1-12(2)10-13-5-6-14(12)8-11-4-3-7-15-9-11/h11,13H,3-10H2,1-2H3. The Morgan fingerprint density at radius 1 is 1.47 bits per heavy atom. The van der Waals surface area contributed by atoms with E-state index >= 15 is 0 Å². The minimum atomic E-state index is 0.315. The van der Waals surface area contributed by atoms with E-state index in [9.17, 15) is 0 Å². The molecular formula is C12H24N2O. The number of nitrogens with zero attached hydrogens (tertiary/aromatic N) is 1. The van der Waals surface area contributed by atoms with Crippen molar-refractivity contribution in [1.82, 2.24) is 10.2 Å². The first-order chi connectivity index (χ1) is 7.18. The van der Waals surface area contributed by atoms with Gasteiger partial charge in [0.1, 0.15) is 0 Å². The SMILES string of the molecule is CC1(C)CNCCN1CC1CCCOC1. The Balaban J connectivity index is 1.85. The maximum absolute atomic E-state index is 5.55. The van der Waals surface area contributed by atoms with Crippen molar-refractivity contribution in [2.45, 2.75) is 32.2 Å². The molecule has 0 saturated carbocycles. The third-order valence-electron chi connectivity index (χ3n) is 3.71. The molecule has 88 valence electrons. The molecule has 1 atom stereocenters. The molecule has 2 aliphatic rings. The summed E-state index contributed by atoms with van der Waals surface area (Å²) in [6.45, 7) is 11.3. The summed E-state index contributed by atoms with van der Waals surface area (Å²) in [4.78, 5) is 2.63. The summed E-state index contributed by atoms with van der Waals surface area (Å²) < 4.78 is 5.55. The van der Waals surface area contributed by atoms with E-state index in [1.165, 1.54) is 25.9 Å². The highest BCUT2D eigenvalue weighted by molar-refractivity contribution is 4.89. The van der Waals surface area contributed by atoms with Crippen LogP contribution in [0, 0.1) is 5.92 Å².